The van der Waals surface area contributed by atoms with Crippen molar-refractivity contribution in [3.8, 4) is 0 Å². The largest absolute Gasteiger partial charge is 0.446 e. The number of hydrogen-bond acceptors (Lipinski definition) is 6. The van der Waals surface area contributed by atoms with E-state index in [0.29, 0.717) is 6.42 Å². The summed E-state index contributed by atoms with van der Waals surface area (Å²) in [6.07, 6.45) is 7.17. The van der Waals surface area contributed by atoms with Gasteiger partial charge in [0.05, 0.1) is 16.8 Å². The van der Waals surface area contributed by atoms with Gasteiger partial charge in [-0.15, -0.1) is 11.3 Å². The number of benzene rings is 1. The van der Waals surface area contributed by atoms with E-state index in [-0.39, 0.29) is 35.6 Å². The fourth-order valence-corrected chi connectivity index (χ4v) is 6.59. The molecule has 2 amide bonds. The molecular formula is C33H48N2O4SSi. The highest BCUT2D eigenvalue weighted by atomic mass is 32.1. The van der Waals surface area contributed by atoms with Crippen molar-refractivity contribution in [3.63, 3.8) is 0 Å². The monoisotopic (exact) mass is 596 g/mol. The molecule has 6 nitrogen and oxygen atoms in total. The summed E-state index contributed by atoms with van der Waals surface area (Å²) in [5.41, 5.74) is 4.38. The molecule has 2 heterocycles. The summed E-state index contributed by atoms with van der Waals surface area (Å²) in [5, 5.41) is 3.27. The molecule has 0 saturated carbocycles. The minimum Gasteiger partial charge on any atom is -0.446 e. The van der Waals surface area contributed by atoms with Crippen LogP contribution in [0.25, 0.3) is 6.08 Å². The van der Waals surface area contributed by atoms with Crippen LogP contribution in [0, 0.1) is 12.8 Å². The van der Waals surface area contributed by atoms with E-state index in [4.69, 9.17) is 9.16 Å². The Balaban J connectivity index is 1.61. The van der Waals surface area contributed by atoms with Crippen molar-refractivity contribution in [2.45, 2.75) is 104 Å². The van der Waals surface area contributed by atoms with Gasteiger partial charge in [0.25, 0.3) is 0 Å². The molecule has 1 aromatic carbocycles. The molecule has 3 atom stereocenters. The number of aromatic nitrogens is 1. The van der Waals surface area contributed by atoms with E-state index in [0.717, 1.165) is 35.5 Å². The van der Waals surface area contributed by atoms with Crippen molar-refractivity contribution in [2.24, 2.45) is 5.92 Å². The highest BCUT2D eigenvalue weighted by Gasteiger charge is 2.41. The number of carbonyl (C=O) groups excluding carboxylic acids is 2. The molecule has 1 unspecified atom stereocenters. The van der Waals surface area contributed by atoms with Crippen molar-refractivity contribution in [1.29, 1.82) is 0 Å². The number of imide groups is 1. The van der Waals surface area contributed by atoms with Crippen molar-refractivity contribution in [3.05, 3.63) is 69.2 Å². The lowest BCUT2D eigenvalue weighted by Gasteiger charge is -2.39. The van der Waals surface area contributed by atoms with Gasteiger partial charge in [-0.3, -0.25) is 4.79 Å². The molecule has 1 fully saturated rings. The van der Waals surface area contributed by atoms with Crippen LogP contribution in [0.4, 0.5) is 4.79 Å². The topological polar surface area (TPSA) is 68.7 Å². The van der Waals surface area contributed by atoms with Crippen LogP contribution in [0.5, 0.6) is 0 Å². The number of cyclic esters (lactones) is 1. The Kier molecular flexibility index (Phi) is 11.3. The molecule has 1 aliphatic rings. The average Bonchev–Trinajstić information content (AvgIpc) is 3.50. The molecule has 2 aromatic rings. The van der Waals surface area contributed by atoms with Crippen LogP contribution in [0.3, 0.4) is 0 Å². The minimum absolute atomic E-state index is 0.00977. The van der Waals surface area contributed by atoms with Crippen molar-refractivity contribution < 1.29 is 18.8 Å². The molecule has 8 heteroatoms. The summed E-state index contributed by atoms with van der Waals surface area (Å²) in [6.45, 7) is 19.9. The average molecular weight is 597 g/mol. The first-order valence-electron chi connectivity index (χ1n) is 14.7. The fourth-order valence-electron chi connectivity index (χ4n) is 4.68. The number of thiazole rings is 1. The van der Waals surface area contributed by atoms with Gasteiger partial charge in [-0.2, -0.15) is 0 Å². The first-order valence-corrected chi connectivity index (χ1v) is 18.5. The molecule has 0 aliphatic carbocycles. The molecule has 1 saturated heterocycles. The van der Waals surface area contributed by atoms with Crippen molar-refractivity contribution in [2.75, 3.05) is 6.61 Å². The van der Waals surface area contributed by atoms with Crippen LogP contribution in [-0.4, -0.2) is 42.9 Å². The van der Waals surface area contributed by atoms with Crippen LogP contribution in [0.2, 0.25) is 18.1 Å². The zero-order chi connectivity index (χ0) is 30.4. The van der Waals surface area contributed by atoms with Gasteiger partial charge in [0, 0.05) is 11.3 Å². The Bertz CT molecular complexity index is 1250. The first kappa shape index (κ1) is 33.0. The molecule has 41 heavy (non-hydrogen) atoms. The second kappa shape index (κ2) is 14.1. The quantitative estimate of drug-likeness (QED) is 0.181. The predicted octanol–water partition coefficient (Wildman–Crippen LogP) is 9.11. The smallest absolute Gasteiger partial charge is 0.417 e. The van der Waals surface area contributed by atoms with E-state index in [2.05, 4.69) is 70.2 Å². The van der Waals surface area contributed by atoms with Gasteiger partial charge in [-0.25, -0.2) is 14.7 Å². The lowest BCUT2D eigenvalue weighted by Crippen LogP contribution is -2.44. The third-order valence-electron chi connectivity index (χ3n) is 8.37. The lowest BCUT2D eigenvalue weighted by atomic mass is 9.98. The van der Waals surface area contributed by atoms with Gasteiger partial charge < -0.3 is 9.16 Å². The van der Waals surface area contributed by atoms with Crippen LogP contribution < -0.4 is 0 Å². The fraction of sp³-hybridized carbons (Fsp3) is 0.545. The standard InChI is InChI=1S/C33H48N2O4SSi/c1-23(14-13-15-24(2)31(36)35-29(21-38-32(35)37)27-16-11-10-12-17-27)18-19-30(39-41(8,9)33(5,6)7)25(3)20-28-22-40-26(4)34-28/h10-12,16-18,20,22,24,29-30H,13-15,19,21H2,1-9H3/t24-,29?,30-/m0/s1. The third kappa shape index (κ3) is 8.96. The van der Waals surface area contributed by atoms with E-state index in [1.807, 2.05) is 44.2 Å². The van der Waals surface area contributed by atoms with Gasteiger partial charge in [-0.05, 0) is 81.8 Å². The molecule has 0 N–H and O–H groups in total. The third-order valence-corrected chi connectivity index (χ3v) is 13.6. The highest BCUT2D eigenvalue weighted by molar-refractivity contribution is 7.09. The Hall–Kier alpha value is -2.55. The van der Waals surface area contributed by atoms with Crippen molar-refractivity contribution in [1.82, 2.24) is 9.88 Å². The zero-order valence-corrected chi connectivity index (χ0v) is 28.1. The van der Waals surface area contributed by atoms with E-state index in [1.165, 1.54) is 16.0 Å². The second-order valence-electron chi connectivity index (χ2n) is 12.8. The van der Waals surface area contributed by atoms with Crippen molar-refractivity contribution >= 4 is 37.7 Å². The second-order valence-corrected chi connectivity index (χ2v) is 18.7. The van der Waals surface area contributed by atoms with Crippen LogP contribution in [0.1, 0.15) is 89.5 Å². The maximum absolute atomic E-state index is 13.3. The predicted molar refractivity (Wildman–Crippen MR) is 171 cm³/mol. The highest BCUT2D eigenvalue weighted by Crippen LogP contribution is 2.39. The molecule has 3 rings (SSSR count). The molecule has 1 aromatic heterocycles. The van der Waals surface area contributed by atoms with Gasteiger partial charge in [0.2, 0.25) is 5.91 Å². The number of allylic oxidation sites excluding steroid dienone is 1. The number of nitrogens with zero attached hydrogens (tertiary/aromatic N) is 2. The number of aryl methyl sites for hydroxylation is 1. The lowest BCUT2D eigenvalue weighted by molar-refractivity contribution is -0.133. The number of rotatable bonds is 12. The van der Waals surface area contributed by atoms with Crippen LogP contribution >= 0.6 is 11.3 Å². The summed E-state index contributed by atoms with van der Waals surface area (Å²) in [6, 6.07) is 9.26. The molecular weight excluding hydrogens is 549 g/mol. The summed E-state index contributed by atoms with van der Waals surface area (Å²) in [4.78, 5) is 31.6. The summed E-state index contributed by atoms with van der Waals surface area (Å²) in [7, 11) is -1.98. The molecule has 224 valence electrons. The first-order chi connectivity index (χ1) is 19.2. The van der Waals surface area contributed by atoms with E-state index < -0.39 is 14.4 Å². The van der Waals surface area contributed by atoms with E-state index >= 15 is 0 Å². The zero-order valence-electron chi connectivity index (χ0n) is 26.3. The number of ether oxygens (including phenoxy) is 1. The Labute approximate surface area is 252 Å². The summed E-state index contributed by atoms with van der Waals surface area (Å²) >= 11 is 1.66. The number of carbonyl (C=O) groups is 2. The van der Waals surface area contributed by atoms with Gasteiger partial charge >= 0.3 is 6.09 Å². The van der Waals surface area contributed by atoms with E-state index in [9.17, 15) is 9.59 Å². The Morgan fingerprint density at radius 1 is 1.24 bits per heavy atom. The maximum Gasteiger partial charge on any atom is 0.417 e. The molecule has 1 aliphatic heterocycles. The Morgan fingerprint density at radius 3 is 2.54 bits per heavy atom. The van der Waals surface area contributed by atoms with Gasteiger partial charge in [0.15, 0.2) is 8.32 Å². The number of amides is 2. The van der Waals surface area contributed by atoms with Gasteiger partial charge in [0.1, 0.15) is 12.6 Å². The van der Waals surface area contributed by atoms with Crippen LogP contribution in [-0.2, 0) is 14.0 Å². The van der Waals surface area contributed by atoms with Gasteiger partial charge in [-0.1, -0.05) is 69.7 Å². The molecule has 0 radical (unpaired) electrons. The summed E-state index contributed by atoms with van der Waals surface area (Å²) in [5.74, 6) is -0.426. The normalized spacial score (nSPS) is 18.4. The maximum atomic E-state index is 13.3. The molecule has 0 bridgehead atoms. The SMILES string of the molecule is CC(=CC[C@H](O[Si](C)(C)C(C)(C)C)C(C)=Cc1csc(C)n1)CCC[C@H](C)C(=O)N1C(=O)OCC1c1ccccc1. The van der Waals surface area contributed by atoms with E-state index in [1.54, 1.807) is 11.3 Å². The number of hydrogen-bond donors (Lipinski definition) is 0. The molecule has 0 spiro atoms. The minimum atomic E-state index is -1.98. The Morgan fingerprint density at radius 2 is 1.93 bits per heavy atom. The summed E-state index contributed by atoms with van der Waals surface area (Å²) < 4.78 is 12.1. The van der Waals surface area contributed by atoms with Crippen LogP contribution in [0.15, 0.2) is 52.9 Å².